The van der Waals surface area contributed by atoms with Crippen LogP contribution in [0.3, 0.4) is 0 Å². The van der Waals surface area contributed by atoms with Crippen molar-refractivity contribution in [2.24, 2.45) is 5.73 Å². The van der Waals surface area contributed by atoms with Gasteiger partial charge in [0.25, 0.3) is 5.97 Å². The Morgan fingerprint density at radius 3 is 1.61 bits per heavy atom. The molecule has 0 aliphatic carbocycles. The van der Waals surface area contributed by atoms with Gasteiger partial charge in [-0.2, -0.15) is 0 Å². The number of nitrogens with two attached hydrogens (primary N) is 1. The largest absolute Gasteiger partial charge is 0.481 e. The normalized spacial score (nSPS) is 10.2. The standard InChI is InChI=1S/C20H43N3O.C2H4O2/c1-2-3-4-5-6-7-8-9-10-11-12-13-14-15-20(24)23-19-18-22-17-16-21;1-2(3)4/h22H,2-19,21H2,1H3,(H,23,24);1H3,(H,3,4). The van der Waals surface area contributed by atoms with Crippen LogP contribution in [0.4, 0.5) is 0 Å². The van der Waals surface area contributed by atoms with Gasteiger partial charge in [0.2, 0.25) is 5.91 Å². The number of hydrogen-bond acceptors (Lipinski definition) is 4. The number of carbonyl (C=O) groups excluding carboxylic acids is 1. The van der Waals surface area contributed by atoms with Crippen molar-refractivity contribution in [3.63, 3.8) is 0 Å². The molecule has 0 unspecified atom stereocenters. The molecule has 0 aliphatic rings. The summed E-state index contributed by atoms with van der Waals surface area (Å²) >= 11 is 0. The summed E-state index contributed by atoms with van der Waals surface area (Å²) in [7, 11) is 0. The van der Waals surface area contributed by atoms with Crippen LogP contribution in [0.2, 0.25) is 0 Å². The van der Waals surface area contributed by atoms with Gasteiger partial charge in [-0.1, -0.05) is 84.0 Å². The number of carboxylic acids is 1. The average Bonchev–Trinajstić information content (AvgIpc) is 2.65. The van der Waals surface area contributed by atoms with Crippen molar-refractivity contribution in [3.05, 3.63) is 0 Å². The van der Waals surface area contributed by atoms with Gasteiger partial charge >= 0.3 is 0 Å². The summed E-state index contributed by atoms with van der Waals surface area (Å²) in [6.45, 7) is 6.33. The Bertz CT molecular complexity index is 335. The van der Waals surface area contributed by atoms with Gasteiger partial charge in [-0.15, -0.1) is 0 Å². The van der Waals surface area contributed by atoms with Gasteiger partial charge < -0.3 is 21.5 Å². The van der Waals surface area contributed by atoms with E-state index in [1.54, 1.807) is 0 Å². The molecule has 0 saturated heterocycles. The van der Waals surface area contributed by atoms with Gasteiger partial charge in [-0.05, 0) is 6.42 Å². The first-order valence-electron chi connectivity index (χ1n) is 11.4. The van der Waals surface area contributed by atoms with Crippen molar-refractivity contribution < 1.29 is 14.7 Å². The minimum atomic E-state index is -0.833. The van der Waals surface area contributed by atoms with Gasteiger partial charge in [0.05, 0.1) is 0 Å². The molecule has 6 nitrogen and oxygen atoms in total. The Balaban J connectivity index is 0. The molecule has 1 amide bonds. The highest BCUT2D eigenvalue weighted by Gasteiger charge is 2.00. The van der Waals surface area contributed by atoms with Crippen LogP contribution in [-0.4, -0.2) is 43.2 Å². The molecule has 0 aliphatic heterocycles. The molecule has 5 N–H and O–H groups in total. The molecular weight excluding hydrogens is 354 g/mol. The lowest BCUT2D eigenvalue weighted by atomic mass is 10.0. The Kier molecular flexibility index (Phi) is 26.8. The number of nitrogens with one attached hydrogen (secondary N) is 2. The third kappa shape index (κ3) is 32.5. The molecule has 0 spiro atoms. The Hall–Kier alpha value is -1.14. The first-order valence-corrected chi connectivity index (χ1v) is 11.4. The predicted molar refractivity (Wildman–Crippen MR) is 119 cm³/mol. The van der Waals surface area contributed by atoms with E-state index in [1.165, 1.54) is 77.0 Å². The highest BCUT2D eigenvalue weighted by Crippen LogP contribution is 2.12. The van der Waals surface area contributed by atoms with E-state index >= 15 is 0 Å². The minimum Gasteiger partial charge on any atom is -0.481 e. The molecular formula is C22H47N3O3. The minimum absolute atomic E-state index is 0.188. The Morgan fingerprint density at radius 1 is 0.750 bits per heavy atom. The topological polar surface area (TPSA) is 104 Å². The summed E-state index contributed by atoms with van der Waals surface area (Å²) in [6.07, 6.45) is 18.1. The van der Waals surface area contributed by atoms with E-state index in [0.29, 0.717) is 19.5 Å². The second-order valence-corrected chi connectivity index (χ2v) is 7.40. The van der Waals surface area contributed by atoms with E-state index in [1.807, 2.05) is 0 Å². The molecule has 168 valence electrons. The lowest BCUT2D eigenvalue weighted by Gasteiger charge is -2.06. The molecule has 0 aromatic carbocycles. The molecule has 0 saturated carbocycles. The SMILES string of the molecule is CC(=O)O.CCCCCCCCCCCCCCCC(=O)NCCNCCN. The van der Waals surface area contributed by atoms with Crippen molar-refractivity contribution in [2.75, 3.05) is 26.2 Å². The lowest BCUT2D eigenvalue weighted by molar-refractivity contribution is -0.134. The van der Waals surface area contributed by atoms with Crippen LogP contribution >= 0.6 is 0 Å². The maximum absolute atomic E-state index is 11.6. The van der Waals surface area contributed by atoms with Crippen molar-refractivity contribution in [2.45, 2.75) is 104 Å². The molecule has 0 rings (SSSR count). The Labute approximate surface area is 173 Å². The summed E-state index contributed by atoms with van der Waals surface area (Å²) in [4.78, 5) is 20.6. The fourth-order valence-electron chi connectivity index (χ4n) is 2.91. The van der Waals surface area contributed by atoms with Crippen molar-refractivity contribution in [1.82, 2.24) is 10.6 Å². The predicted octanol–water partition coefficient (Wildman–Crippen LogP) is 4.22. The monoisotopic (exact) mass is 401 g/mol. The number of carbonyl (C=O) groups is 2. The Morgan fingerprint density at radius 2 is 1.18 bits per heavy atom. The van der Waals surface area contributed by atoms with Crippen LogP contribution in [-0.2, 0) is 9.59 Å². The van der Waals surface area contributed by atoms with Gasteiger partial charge in [-0.3, -0.25) is 9.59 Å². The quantitative estimate of drug-likeness (QED) is 0.243. The third-order valence-corrected chi connectivity index (χ3v) is 4.45. The number of aliphatic carboxylic acids is 1. The van der Waals surface area contributed by atoms with Crippen LogP contribution < -0.4 is 16.4 Å². The lowest BCUT2D eigenvalue weighted by Crippen LogP contribution is -2.33. The highest BCUT2D eigenvalue weighted by molar-refractivity contribution is 5.75. The van der Waals surface area contributed by atoms with E-state index in [2.05, 4.69) is 17.6 Å². The summed E-state index contributed by atoms with van der Waals surface area (Å²) in [5, 5.41) is 13.5. The first-order chi connectivity index (χ1) is 13.5. The van der Waals surface area contributed by atoms with Crippen molar-refractivity contribution >= 4 is 11.9 Å². The van der Waals surface area contributed by atoms with Crippen molar-refractivity contribution in [1.29, 1.82) is 0 Å². The fraction of sp³-hybridized carbons (Fsp3) is 0.909. The molecule has 0 radical (unpaired) electrons. The van der Waals surface area contributed by atoms with Crippen LogP contribution in [0, 0.1) is 0 Å². The van der Waals surface area contributed by atoms with Crippen LogP contribution in [0.25, 0.3) is 0 Å². The molecule has 28 heavy (non-hydrogen) atoms. The number of amides is 1. The molecule has 0 aromatic heterocycles. The summed E-state index contributed by atoms with van der Waals surface area (Å²) < 4.78 is 0. The zero-order chi connectivity index (χ0) is 21.3. The fourth-order valence-corrected chi connectivity index (χ4v) is 2.91. The molecule has 0 atom stereocenters. The van der Waals surface area contributed by atoms with E-state index in [4.69, 9.17) is 15.6 Å². The van der Waals surface area contributed by atoms with Crippen LogP contribution in [0.5, 0.6) is 0 Å². The van der Waals surface area contributed by atoms with Gasteiger partial charge in [0.15, 0.2) is 0 Å². The number of hydrogen-bond donors (Lipinski definition) is 4. The summed E-state index contributed by atoms with van der Waals surface area (Å²) in [5.41, 5.74) is 5.38. The maximum atomic E-state index is 11.6. The molecule has 6 heteroatoms. The maximum Gasteiger partial charge on any atom is 0.300 e. The molecule has 0 aromatic rings. The zero-order valence-electron chi connectivity index (χ0n) is 18.6. The van der Waals surface area contributed by atoms with Crippen LogP contribution in [0.1, 0.15) is 104 Å². The van der Waals surface area contributed by atoms with E-state index in [0.717, 1.165) is 26.4 Å². The zero-order valence-corrected chi connectivity index (χ0v) is 18.6. The van der Waals surface area contributed by atoms with Gasteiger partial charge in [-0.25, -0.2) is 0 Å². The first kappa shape index (κ1) is 29.1. The van der Waals surface area contributed by atoms with Crippen molar-refractivity contribution in [3.8, 4) is 0 Å². The number of rotatable bonds is 19. The van der Waals surface area contributed by atoms with Gasteiger partial charge in [0, 0.05) is 39.5 Å². The second kappa shape index (κ2) is 25.9. The van der Waals surface area contributed by atoms with Crippen LogP contribution in [0.15, 0.2) is 0 Å². The van der Waals surface area contributed by atoms with E-state index < -0.39 is 5.97 Å². The number of unbranched alkanes of at least 4 members (excludes halogenated alkanes) is 12. The average molecular weight is 402 g/mol. The van der Waals surface area contributed by atoms with E-state index in [-0.39, 0.29) is 5.91 Å². The van der Waals surface area contributed by atoms with Gasteiger partial charge in [0.1, 0.15) is 0 Å². The smallest absolute Gasteiger partial charge is 0.300 e. The number of carboxylic acid groups (broad SMARTS) is 1. The summed E-state index contributed by atoms with van der Waals surface area (Å²) in [6, 6.07) is 0. The molecule has 0 bridgehead atoms. The second-order valence-electron chi connectivity index (χ2n) is 7.40. The molecule has 0 fully saturated rings. The highest BCUT2D eigenvalue weighted by atomic mass is 16.4. The van der Waals surface area contributed by atoms with E-state index in [9.17, 15) is 4.79 Å². The third-order valence-electron chi connectivity index (χ3n) is 4.45. The molecule has 0 heterocycles. The summed E-state index contributed by atoms with van der Waals surface area (Å²) in [5.74, 6) is -0.646.